The molecule has 0 spiro atoms. The molecule has 0 unspecified atom stereocenters. The average Bonchev–Trinajstić information content (AvgIpc) is 3.47. The number of carbonyl (C=O) groups excluding carboxylic acids is 1. The van der Waals surface area contributed by atoms with Crippen LogP contribution in [-0.4, -0.2) is 41.7 Å². The van der Waals surface area contributed by atoms with E-state index >= 15 is 0 Å². The van der Waals surface area contributed by atoms with E-state index in [4.69, 9.17) is 14.0 Å². The summed E-state index contributed by atoms with van der Waals surface area (Å²) in [6.45, 7) is 0.704. The summed E-state index contributed by atoms with van der Waals surface area (Å²) in [6.07, 6.45) is 2.79. The first kappa shape index (κ1) is 19.9. The fraction of sp³-hybridized carbons (Fsp3) is 0.348. The first-order chi connectivity index (χ1) is 14.7. The highest BCUT2D eigenvalue weighted by Crippen LogP contribution is 2.33. The van der Waals surface area contributed by atoms with Crippen LogP contribution in [0.15, 0.2) is 53.1 Å². The number of carbonyl (C=O) groups is 1. The van der Waals surface area contributed by atoms with Gasteiger partial charge < -0.3 is 18.9 Å². The molecule has 1 fully saturated rings. The molecule has 0 saturated carbocycles. The van der Waals surface area contributed by atoms with Gasteiger partial charge in [-0.25, -0.2) is 0 Å². The molecular formula is C23H25N3O4. The van der Waals surface area contributed by atoms with Gasteiger partial charge in [-0.3, -0.25) is 4.79 Å². The number of likely N-dealkylation sites (tertiary alicyclic amines) is 1. The molecular weight excluding hydrogens is 382 g/mol. The molecule has 0 radical (unpaired) electrons. The standard InChI is InChI=1S/C23H25N3O4/c1-28-18-12-9-17(10-13-18)22-24-23(30-25-22)19-7-5-15-26(19)21(27)14-11-16-6-3-4-8-20(16)29-2/h3-4,6,8-10,12-13,19H,5,7,11,14-15H2,1-2H3/t19-/m1/s1. The van der Waals surface area contributed by atoms with E-state index in [-0.39, 0.29) is 11.9 Å². The van der Waals surface area contributed by atoms with Crippen LogP contribution in [0.1, 0.15) is 36.8 Å². The maximum absolute atomic E-state index is 12.9. The largest absolute Gasteiger partial charge is 0.497 e. The molecule has 1 atom stereocenters. The molecule has 7 heteroatoms. The summed E-state index contributed by atoms with van der Waals surface area (Å²) in [5, 5.41) is 4.12. The summed E-state index contributed by atoms with van der Waals surface area (Å²) < 4.78 is 16.1. The summed E-state index contributed by atoms with van der Waals surface area (Å²) in [5.74, 6) is 2.67. The first-order valence-electron chi connectivity index (χ1n) is 10.1. The lowest BCUT2D eigenvalue weighted by molar-refractivity contribution is -0.132. The van der Waals surface area contributed by atoms with Crippen molar-refractivity contribution in [3.05, 3.63) is 60.0 Å². The smallest absolute Gasteiger partial charge is 0.249 e. The van der Waals surface area contributed by atoms with E-state index < -0.39 is 0 Å². The van der Waals surface area contributed by atoms with Crippen LogP contribution in [0.5, 0.6) is 11.5 Å². The molecule has 0 aliphatic carbocycles. The topological polar surface area (TPSA) is 77.7 Å². The molecule has 3 aromatic rings. The van der Waals surface area contributed by atoms with Gasteiger partial charge in [0.15, 0.2) is 0 Å². The average molecular weight is 407 g/mol. The Morgan fingerprint density at radius 2 is 1.93 bits per heavy atom. The van der Waals surface area contributed by atoms with Crippen LogP contribution in [0, 0.1) is 0 Å². The highest BCUT2D eigenvalue weighted by atomic mass is 16.5. The predicted octanol–water partition coefficient (Wildman–Crippen LogP) is 4.05. The van der Waals surface area contributed by atoms with Crippen LogP contribution in [0.3, 0.4) is 0 Å². The number of hydrogen-bond acceptors (Lipinski definition) is 6. The molecule has 1 saturated heterocycles. The van der Waals surface area contributed by atoms with Gasteiger partial charge in [0.25, 0.3) is 0 Å². The Hall–Kier alpha value is -3.35. The van der Waals surface area contributed by atoms with Crippen LogP contribution in [0.4, 0.5) is 0 Å². The lowest BCUT2D eigenvalue weighted by Gasteiger charge is -2.22. The van der Waals surface area contributed by atoms with Crippen molar-refractivity contribution in [2.24, 2.45) is 0 Å². The van der Waals surface area contributed by atoms with Crippen LogP contribution >= 0.6 is 0 Å². The number of aryl methyl sites for hydroxylation is 1. The monoisotopic (exact) mass is 407 g/mol. The van der Waals surface area contributed by atoms with Crippen LogP contribution in [0.25, 0.3) is 11.4 Å². The van der Waals surface area contributed by atoms with Gasteiger partial charge in [0.1, 0.15) is 17.5 Å². The minimum Gasteiger partial charge on any atom is -0.497 e. The van der Waals surface area contributed by atoms with Crippen LogP contribution in [-0.2, 0) is 11.2 Å². The minimum atomic E-state index is -0.172. The van der Waals surface area contributed by atoms with E-state index in [2.05, 4.69) is 10.1 Å². The number of rotatable bonds is 7. The Morgan fingerprint density at radius 1 is 1.13 bits per heavy atom. The molecule has 1 aliphatic heterocycles. The number of nitrogens with zero attached hydrogens (tertiary/aromatic N) is 3. The first-order valence-corrected chi connectivity index (χ1v) is 10.1. The zero-order valence-corrected chi connectivity index (χ0v) is 17.2. The third-order valence-corrected chi connectivity index (χ3v) is 5.45. The molecule has 4 rings (SSSR count). The van der Waals surface area contributed by atoms with Gasteiger partial charge in [-0.05, 0) is 55.2 Å². The van der Waals surface area contributed by atoms with Crippen molar-refractivity contribution in [1.82, 2.24) is 15.0 Å². The second-order valence-electron chi connectivity index (χ2n) is 7.24. The zero-order chi connectivity index (χ0) is 20.9. The Bertz CT molecular complexity index is 1000. The van der Waals surface area contributed by atoms with Crippen LogP contribution < -0.4 is 9.47 Å². The number of aromatic nitrogens is 2. The molecule has 7 nitrogen and oxygen atoms in total. The molecule has 1 amide bonds. The summed E-state index contributed by atoms with van der Waals surface area (Å²) in [7, 11) is 3.27. The zero-order valence-electron chi connectivity index (χ0n) is 17.2. The Balaban J connectivity index is 1.44. The van der Waals surface area contributed by atoms with E-state index in [1.54, 1.807) is 14.2 Å². The molecule has 1 aliphatic rings. The van der Waals surface area contributed by atoms with Gasteiger partial charge in [0.05, 0.1) is 14.2 Å². The number of benzene rings is 2. The Morgan fingerprint density at radius 3 is 2.70 bits per heavy atom. The summed E-state index contributed by atoms with van der Waals surface area (Å²) in [6, 6.07) is 15.1. The Kier molecular flexibility index (Phi) is 5.97. The third kappa shape index (κ3) is 4.15. The summed E-state index contributed by atoms with van der Waals surface area (Å²) in [4.78, 5) is 19.4. The van der Waals surface area contributed by atoms with Crippen molar-refractivity contribution < 1.29 is 18.8 Å². The lowest BCUT2D eigenvalue weighted by Crippen LogP contribution is -2.30. The van der Waals surface area contributed by atoms with Gasteiger partial charge >= 0.3 is 0 Å². The molecule has 0 bridgehead atoms. The third-order valence-electron chi connectivity index (χ3n) is 5.45. The minimum absolute atomic E-state index is 0.0904. The van der Waals surface area contributed by atoms with E-state index in [0.717, 1.165) is 35.5 Å². The number of hydrogen-bond donors (Lipinski definition) is 0. The maximum atomic E-state index is 12.9. The quantitative estimate of drug-likeness (QED) is 0.588. The van der Waals surface area contributed by atoms with Crippen molar-refractivity contribution >= 4 is 5.91 Å². The van der Waals surface area contributed by atoms with Gasteiger partial charge in [-0.15, -0.1) is 0 Å². The normalized spacial score (nSPS) is 15.9. The van der Waals surface area contributed by atoms with Crippen molar-refractivity contribution in [3.8, 4) is 22.9 Å². The second-order valence-corrected chi connectivity index (χ2v) is 7.24. The van der Waals surface area contributed by atoms with Crippen molar-refractivity contribution in [3.63, 3.8) is 0 Å². The van der Waals surface area contributed by atoms with Gasteiger partial charge in [0, 0.05) is 18.5 Å². The second kappa shape index (κ2) is 8.98. The highest BCUT2D eigenvalue weighted by Gasteiger charge is 2.33. The lowest BCUT2D eigenvalue weighted by atomic mass is 10.1. The number of methoxy groups -OCH3 is 2. The van der Waals surface area contributed by atoms with Gasteiger partial charge in [-0.1, -0.05) is 23.4 Å². The SMILES string of the molecule is COc1ccc(-c2noc([C@H]3CCCN3C(=O)CCc3ccccc3OC)n2)cc1. The maximum Gasteiger partial charge on any atom is 0.249 e. The molecule has 1 aromatic heterocycles. The van der Waals surface area contributed by atoms with Crippen molar-refractivity contribution in [2.75, 3.05) is 20.8 Å². The highest BCUT2D eigenvalue weighted by molar-refractivity contribution is 5.77. The van der Waals surface area contributed by atoms with Crippen LogP contribution in [0.2, 0.25) is 0 Å². The number of para-hydroxylation sites is 1. The molecule has 0 N–H and O–H groups in total. The fourth-order valence-corrected chi connectivity index (χ4v) is 3.84. The van der Waals surface area contributed by atoms with Crippen molar-refractivity contribution in [2.45, 2.75) is 31.7 Å². The Labute approximate surface area is 175 Å². The fourth-order valence-electron chi connectivity index (χ4n) is 3.84. The van der Waals surface area contributed by atoms with E-state index in [0.29, 0.717) is 31.1 Å². The molecule has 2 heterocycles. The molecule has 156 valence electrons. The number of ether oxygens (including phenoxy) is 2. The van der Waals surface area contributed by atoms with E-state index in [1.165, 1.54) is 0 Å². The number of amides is 1. The summed E-state index contributed by atoms with van der Waals surface area (Å²) in [5.41, 5.74) is 1.88. The van der Waals surface area contributed by atoms with Crippen molar-refractivity contribution in [1.29, 1.82) is 0 Å². The van der Waals surface area contributed by atoms with Gasteiger partial charge in [0.2, 0.25) is 17.6 Å². The van der Waals surface area contributed by atoms with Gasteiger partial charge in [-0.2, -0.15) is 4.98 Å². The van der Waals surface area contributed by atoms with E-state index in [1.807, 2.05) is 53.4 Å². The molecule has 30 heavy (non-hydrogen) atoms. The predicted molar refractivity (Wildman–Crippen MR) is 111 cm³/mol. The summed E-state index contributed by atoms with van der Waals surface area (Å²) >= 11 is 0. The van der Waals surface area contributed by atoms with E-state index in [9.17, 15) is 4.79 Å². The molecule has 2 aromatic carbocycles.